The summed E-state index contributed by atoms with van der Waals surface area (Å²) in [6.45, 7) is 0.407. The molecule has 1 heterocycles. The van der Waals surface area contributed by atoms with Crippen LogP contribution in [0, 0.1) is 0 Å². The third-order valence-corrected chi connectivity index (χ3v) is 2.75. The number of β-amino-alcohol motifs (C(OH)–C–C–N with tert-alkyl or cyclic N) is 1. The van der Waals surface area contributed by atoms with Crippen molar-refractivity contribution in [2.24, 2.45) is 0 Å². The number of carboxylic acids is 1. The maximum atomic E-state index is 12.0. The Morgan fingerprint density at radius 3 is 2.39 bits per heavy atom. The molecule has 1 rings (SSSR count). The number of aliphatic hydroxyl groups excluding tert-OH is 2. The summed E-state index contributed by atoms with van der Waals surface area (Å²) in [6, 6.07) is -2.41. The lowest BCUT2D eigenvalue weighted by Gasteiger charge is -2.27. The van der Waals surface area contributed by atoms with E-state index in [1.54, 1.807) is 0 Å². The van der Waals surface area contributed by atoms with Crippen LogP contribution in [0.5, 0.6) is 0 Å². The second-order valence-electron chi connectivity index (χ2n) is 4.11. The number of hydrogen-bond donors (Lipinski definition) is 4. The van der Waals surface area contributed by atoms with Crippen LogP contribution in [0.25, 0.3) is 0 Å². The molecule has 0 spiro atoms. The van der Waals surface area contributed by atoms with Crippen LogP contribution >= 0.6 is 0 Å². The van der Waals surface area contributed by atoms with E-state index < -0.39 is 42.6 Å². The van der Waals surface area contributed by atoms with E-state index in [2.05, 4.69) is 5.32 Å². The normalized spacial score (nSPS) is 24.6. The zero-order chi connectivity index (χ0) is 13.9. The minimum absolute atomic E-state index is 0.111. The third kappa shape index (κ3) is 3.03. The van der Waals surface area contributed by atoms with Gasteiger partial charge < -0.3 is 20.6 Å². The number of amides is 2. The van der Waals surface area contributed by atoms with Gasteiger partial charge in [-0.1, -0.05) is 0 Å². The molecule has 4 N–H and O–H groups in total. The fourth-order valence-corrected chi connectivity index (χ4v) is 1.87. The van der Waals surface area contributed by atoms with Crippen LogP contribution in [0.1, 0.15) is 13.3 Å². The topological polar surface area (TPSA) is 127 Å². The van der Waals surface area contributed by atoms with Crippen molar-refractivity contribution >= 4 is 17.8 Å². The summed E-state index contributed by atoms with van der Waals surface area (Å²) in [5.41, 5.74) is 0. The van der Waals surface area contributed by atoms with E-state index in [0.717, 1.165) is 6.92 Å². The quantitative estimate of drug-likeness (QED) is 0.441. The minimum atomic E-state index is -1.60. The molecule has 18 heavy (non-hydrogen) atoms. The molecule has 0 aromatic carbocycles. The van der Waals surface area contributed by atoms with Gasteiger partial charge in [0.2, 0.25) is 11.8 Å². The molecule has 8 heteroatoms. The number of aliphatic hydroxyl groups is 2. The SMILES string of the molecule is CC(=O)N(C(=O)C1CC(O)CN1)C(CO)C(=O)O. The largest absolute Gasteiger partial charge is 0.480 e. The summed E-state index contributed by atoms with van der Waals surface area (Å²) in [6.07, 6.45) is -0.592. The Labute approximate surface area is 103 Å². The lowest BCUT2D eigenvalue weighted by molar-refractivity contribution is -0.159. The van der Waals surface area contributed by atoms with E-state index in [-0.39, 0.29) is 13.0 Å². The first-order chi connectivity index (χ1) is 8.38. The lowest BCUT2D eigenvalue weighted by Crippen LogP contribution is -2.54. The maximum absolute atomic E-state index is 12.0. The molecule has 0 radical (unpaired) electrons. The Morgan fingerprint density at radius 1 is 1.44 bits per heavy atom. The molecule has 1 aliphatic rings. The van der Waals surface area contributed by atoms with E-state index in [1.807, 2.05) is 0 Å². The zero-order valence-electron chi connectivity index (χ0n) is 9.87. The van der Waals surface area contributed by atoms with Gasteiger partial charge in [-0.05, 0) is 6.42 Å². The summed E-state index contributed by atoms with van der Waals surface area (Å²) in [4.78, 5) is 34.8. The molecular formula is C10H16N2O6. The van der Waals surface area contributed by atoms with Crippen molar-refractivity contribution in [1.82, 2.24) is 10.2 Å². The summed E-state index contributed by atoms with van der Waals surface area (Å²) in [7, 11) is 0. The lowest BCUT2D eigenvalue weighted by atomic mass is 10.1. The number of carboxylic acid groups (broad SMARTS) is 1. The highest BCUT2D eigenvalue weighted by atomic mass is 16.4. The third-order valence-electron chi connectivity index (χ3n) is 2.75. The summed E-state index contributed by atoms with van der Waals surface area (Å²) in [5, 5.41) is 29.8. The Kier molecular flexibility index (Phi) is 4.76. The molecule has 1 saturated heterocycles. The van der Waals surface area contributed by atoms with Crippen LogP contribution in [0.3, 0.4) is 0 Å². The molecule has 1 aliphatic heterocycles. The molecule has 3 unspecified atom stereocenters. The number of hydrogen-bond acceptors (Lipinski definition) is 6. The Bertz CT molecular complexity index is 358. The van der Waals surface area contributed by atoms with Gasteiger partial charge >= 0.3 is 5.97 Å². The summed E-state index contributed by atoms with van der Waals surface area (Å²) in [5.74, 6) is -2.97. The van der Waals surface area contributed by atoms with Gasteiger partial charge in [-0.15, -0.1) is 0 Å². The Morgan fingerprint density at radius 2 is 2.06 bits per heavy atom. The number of aliphatic carboxylic acids is 1. The number of carbonyl (C=O) groups is 3. The molecule has 2 amide bonds. The summed E-state index contributed by atoms with van der Waals surface area (Å²) < 4.78 is 0. The first kappa shape index (κ1) is 14.6. The van der Waals surface area contributed by atoms with E-state index in [0.29, 0.717) is 4.90 Å². The Hall–Kier alpha value is -1.51. The monoisotopic (exact) mass is 260 g/mol. The molecule has 0 aromatic heterocycles. The smallest absolute Gasteiger partial charge is 0.329 e. The zero-order valence-corrected chi connectivity index (χ0v) is 9.87. The maximum Gasteiger partial charge on any atom is 0.329 e. The molecule has 8 nitrogen and oxygen atoms in total. The average Bonchev–Trinajstić information content (AvgIpc) is 2.70. The molecule has 0 aliphatic carbocycles. The number of imide groups is 1. The van der Waals surface area contributed by atoms with Gasteiger partial charge in [0.05, 0.1) is 18.8 Å². The number of nitrogens with one attached hydrogen (secondary N) is 1. The number of rotatable bonds is 4. The molecule has 0 saturated carbocycles. The van der Waals surface area contributed by atoms with Crippen molar-refractivity contribution in [2.45, 2.75) is 31.5 Å². The van der Waals surface area contributed by atoms with Crippen LogP contribution < -0.4 is 5.32 Å². The molecule has 3 atom stereocenters. The molecule has 102 valence electrons. The molecule has 0 aromatic rings. The van der Waals surface area contributed by atoms with Crippen LogP contribution in [0.2, 0.25) is 0 Å². The van der Waals surface area contributed by atoms with Crippen LogP contribution in [-0.4, -0.2) is 69.3 Å². The fourth-order valence-electron chi connectivity index (χ4n) is 1.87. The predicted octanol–water partition coefficient (Wildman–Crippen LogP) is -2.47. The standard InChI is InChI=1S/C10H16N2O6/c1-5(14)12(8(4-13)10(17)18)9(16)7-2-6(15)3-11-7/h6-8,11,13,15H,2-4H2,1H3,(H,17,18). The highest BCUT2D eigenvalue weighted by Crippen LogP contribution is 2.12. The van der Waals surface area contributed by atoms with Crippen molar-refractivity contribution in [3.63, 3.8) is 0 Å². The van der Waals surface area contributed by atoms with Gasteiger partial charge in [-0.25, -0.2) is 4.79 Å². The second kappa shape index (κ2) is 5.89. The second-order valence-corrected chi connectivity index (χ2v) is 4.11. The highest BCUT2D eigenvalue weighted by molar-refractivity contribution is 6.00. The van der Waals surface area contributed by atoms with Gasteiger partial charge in [0, 0.05) is 13.5 Å². The van der Waals surface area contributed by atoms with Crippen molar-refractivity contribution in [2.75, 3.05) is 13.2 Å². The van der Waals surface area contributed by atoms with Gasteiger partial charge in [0.25, 0.3) is 0 Å². The van der Waals surface area contributed by atoms with E-state index in [9.17, 15) is 19.5 Å². The van der Waals surface area contributed by atoms with Crippen molar-refractivity contribution in [3.05, 3.63) is 0 Å². The van der Waals surface area contributed by atoms with E-state index >= 15 is 0 Å². The predicted molar refractivity (Wildman–Crippen MR) is 58.5 cm³/mol. The number of carbonyl (C=O) groups excluding carboxylic acids is 2. The van der Waals surface area contributed by atoms with Crippen LogP contribution in [-0.2, 0) is 14.4 Å². The molecule has 1 fully saturated rings. The van der Waals surface area contributed by atoms with Gasteiger partial charge in [0.15, 0.2) is 6.04 Å². The van der Waals surface area contributed by atoms with Crippen molar-refractivity contribution in [1.29, 1.82) is 0 Å². The first-order valence-electron chi connectivity index (χ1n) is 5.47. The number of nitrogens with zero attached hydrogens (tertiary/aromatic N) is 1. The van der Waals surface area contributed by atoms with E-state index in [1.165, 1.54) is 0 Å². The van der Waals surface area contributed by atoms with Crippen LogP contribution in [0.15, 0.2) is 0 Å². The fraction of sp³-hybridized carbons (Fsp3) is 0.700. The van der Waals surface area contributed by atoms with Crippen LogP contribution in [0.4, 0.5) is 0 Å². The first-order valence-corrected chi connectivity index (χ1v) is 5.47. The van der Waals surface area contributed by atoms with Gasteiger partial charge in [-0.3, -0.25) is 14.5 Å². The summed E-state index contributed by atoms with van der Waals surface area (Å²) >= 11 is 0. The molecular weight excluding hydrogens is 244 g/mol. The minimum Gasteiger partial charge on any atom is -0.480 e. The van der Waals surface area contributed by atoms with Gasteiger partial charge in [-0.2, -0.15) is 0 Å². The van der Waals surface area contributed by atoms with Crippen molar-refractivity contribution < 1.29 is 29.7 Å². The molecule has 0 bridgehead atoms. The van der Waals surface area contributed by atoms with Crippen molar-refractivity contribution in [3.8, 4) is 0 Å². The van der Waals surface area contributed by atoms with E-state index in [4.69, 9.17) is 10.2 Å². The average molecular weight is 260 g/mol. The Balaban J connectivity index is 2.87. The van der Waals surface area contributed by atoms with Gasteiger partial charge in [0.1, 0.15) is 0 Å². The highest BCUT2D eigenvalue weighted by Gasteiger charge is 2.38.